The van der Waals surface area contributed by atoms with E-state index in [1.165, 1.54) is 17.3 Å². The van der Waals surface area contributed by atoms with Gasteiger partial charge in [-0.2, -0.15) is 0 Å². The number of halogens is 1. The summed E-state index contributed by atoms with van der Waals surface area (Å²) < 4.78 is 26.1. The minimum absolute atomic E-state index is 0.141. The van der Waals surface area contributed by atoms with Crippen LogP contribution in [0.1, 0.15) is 66.2 Å². The number of aromatic nitrogens is 2. The second-order valence-electron chi connectivity index (χ2n) is 10.9. The standard InChI is InChI=1S/C22H17FN2O4.C8H18N4O3.C2H6/c1-9-10-3-2-4-11-13-7-25-17(19(13)24-16(18(10)11)6-15(9)23)5-12-14(21(25)27)8-29-22(28)20(12)26;9-7(6-13)5-12(11)2-4-15-3-1-8(10)14;1-2/h5-6,20,26H,2-4,7-8H2,1H3;5,13H,1-4,6,9,11H2,(H2,10,14);1-2H3/b;7-5-;. The van der Waals surface area contributed by atoms with Crippen LogP contribution in [0, 0.1) is 12.7 Å². The van der Waals surface area contributed by atoms with E-state index in [4.69, 9.17) is 36.9 Å². The third-order valence-corrected chi connectivity index (χ3v) is 8.04. The summed E-state index contributed by atoms with van der Waals surface area (Å²) in [5.41, 5.74) is 16.4. The molecule has 6 rings (SSSR count). The molecule has 0 radical (unpaired) electrons. The Morgan fingerprint density at radius 1 is 1.17 bits per heavy atom. The molecular formula is C32H41FN6O7. The lowest BCUT2D eigenvalue weighted by molar-refractivity contribution is -0.157. The SMILES string of the molecule is CC.Cc1c(F)cc2nc3c(c4c2c1CCC4)Cn1c-3cc2c(c1=O)COC(=O)C2O.NC(=O)CCOCCN(N)/C=C(\N)CO. The number of hydrogen-bond donors (Lipinski definition) is 5. The molecule has 248 valence electrons. The molecule has 13 nitrogen and oxygen atoms in total. The minimum Gasteiger partial charge on any atom is -0.458 e. The molecule has 1 aliphatic carbocycles. The van der Waals surface area contributed by atoms with Crippen LogP contribution in [-0.2, 0) is 45.1 Å². The number of pyridine rings is 2. The van der Waals surface area contributed by atoms with E-state index < -0.39 is 18.0 Å². The number of benzene rings is 1. The molecule has 8 N–H and O–H groups in total. The van der Waals surface area contributed by atoms with Crippen LogP contribution in [0.3, 0.4) is 0 Å². The van der Waals surface area contributed by atoms with Gasteiger partial charge in [-0.3, -0.25) is 9.59 Å². The van der Waals surface area contributed by atoms with E-state index in [2.05, 4.69) is 0 Å². The van der Waals surface area contributed by atoms with Crippen LogP contribution in [0.5, 0.6) is 0 Å². The largest absolute Gasteiger partial charge is 0.458 e. The van der Waals surface area contributed by atoms with Crippen molar-refractivity contribution >= 4 is 22.8 Å². The fraction of sp³-hybridized carbons (Fsp3) is 0.438. The molecule has 0 bridgehead atoms. The van der Waals surface area contributed by atoms with Crippen LogP contribution in [-0.4, -0.2) is 63.0 Å². The van der Waals surface area contributed by atoms with Gasteiger partial charge in [0.1, 0.15) is 12.4 Å². The summed E-state index contributed by atoms with van der Waals surface area (Å²) in [6.45, 7) is 6.86. The molecule has 1 unspecified atom stereocenters. The van der Waals surface area contributed by atoms with Crippen molar-refractivity contribution < 1.29 is 33.7 Å². The first-order chi connectivity index (χ1) is 22.0. The summed E-state index contributed by atoms with van der Waals surface area (Å²) in [5, 5.41) is 21.1. The molecule has 0 saturated carbocycles. The van der Waals surface area contributed by atoms with Gasteiger partial charge in [-0.25, -0.2) is 20.0 Å². The molecule has 3 aromatic rings. The molecule has 1 amide bonds. The molecule has 2 aliphatic heterocycles. The van der Waals surface area contributed by atoms with Crippen LogP contribution in [0.25, 0.3) is 22.3 Å². The highest BCUT2D eigenvalue weighted by molar-refractivity contribution is 5.92. The van der Waals surface area contributed by atoms with Crippen molar-refractivity contribution in [2.45, 2.75) is 65.7 Å². The van der Waals surface area contributed by atoms with Crippen LogP contribution in [0.2, 0.25) is 0 Å². The average Bonchev–Trinajstić information content (AvgIpc) is 3.41. The van der Waals surface area contributed by atoms with E-state index in [-0.39, 0.29) is 48.9 Å². The van der Waals surface area contributed by atoms with E-state index >= 15 is 0 Å². The van der Waals surface area contributed by atoms with Gasteiger partial charge in [0.2, 0.25) is 5.91 Å². The van der Waals surface area contributed by atoms with Crippen molar-refractivity contribution in [2.75, 3.05) is 26.4 Å². The third kappa shape index (κ3) is 6.89. The second-order valence-corrected chi connectivity index (χ2v) is 10.9. The summed E-state index contributed by atoms with van der Waals surface area (Å²) in [4.78, 5) is 39.9. The summed E-state index contributed by atoms with van der Waals surface area (Å²) in [7, 11) is 0. The van der Waals surface area contributed by atoms with Gasteiger partial charge in [-0.1, -0.05) is 13.8 Å². The van der Waals surface area contributed by atoms with E-state index in [0.29, 0.717) is 47.7 Å². The van der Waals surface area contributed by atoms with Crippen LogP contribution in [0.15, 0.2) is 28.8 Å². The quantitative estimate of drug-likeness (QED) is 0.0803. The maximum absolute atomic E-state index is 14.5. The Hall–Kier alpha value is -4.37. The first-order valence-electron chi connectivity index (χ1n) is 15.2. The number of hydrazine groups is 1. The van der Waals surface area contributed by atoms with Crippen molar-refractivity contribution in [1.29, 1.82) is 0 Å². The molecule has 2 aromatic heterocycles. The first kappa shape index (κ1) is 34.5. The lowest BCUT2D eigenvalue weighted by Gasteiger charge is -2.22. The lowest BCUT2D eigenvalue weighted by Crippen LogP contribution is -2.32. The number of hydrogen-bond acceptors (Lipinski definition) is 11. The molecule has 3 aliphatic rings. The average molecular weight is 641 g/mol. The number of carbonyl (C=O) groups is 2. The Morgan fingerprint density at radius 2 is 1.89 bits per heavy atom. The lowest BCUT2D eigenvalue weighted by atomic mass is 9.85. The molecule has 0 fully saturated rings. The monoisotopic (exact) mass is 640 g/mol. The van der Waals surface area contributed by atoms with E-state index in [1.807, 2.05) is 13.8 Å². The highest BCUT2D eigenvalue weighted by atomic mass is 19.1. The maximum atomic E-state index is 14.5. The molecule has 1 aromatic carbocycles. The van der Waals surface area contributed by atoms with E-state index in [1.54, 1.807) is 17.6 Å². The van der Waals surface area contributed by atoms with Crippen molar-refractivity contribution in [3.63, 3.8) is 0 Å². The van der Waals surface area contributed by atoms with Crippen LogP contribution < -0.4 is 22.9 Å². The summed E-state index contributed by atoms with van der Waals surface area (Å²) >= 11 is 0. The molecule has 1 atom stereocenters. The Balaban J connectivity index is 0.000000242. The van der Waals surface area contributed by atoms with Crippen molar-refractivity contribution in [3.05, 3.63) is 73.6 Å². The fourth-order valence-corrected chi connectivity index (χ4v) is 5.83. The normalized spacial score (nSPS) is 15.8. The summed E-state index contributed by atoms with van der Waals surface area (Å²) in [6, 6.07) is 3.13. The topological polar surface area (TPSA) is 209 Å². The highest BCUT2D eigenvalue weighted by Gasteiger charge is 2.35. The number of esters is 1. The Kier molecular flexibility index (Phi) is 11.1. The van der Waals surface area contributed by atoms with Gasteiger partial charge in [0.05, 0.1) is 61.1 Å². The maximum Gasteiger partial charge on any atom is 0.340 e. The van der Waals surface area contributed by atoms with Gasteiger partial charge in [0, 0.05) is 35.2 Å². The number of primary amides is 1. The van der Waals surface area contributed by atoms with Gasteiger partial charge in [-0.05, 0) is 48.9 Å². The van der Waals surface area contributed by atoms with Gasteiger partial charge >= 0.3 is 5.97 Å². The zero-order valence-electron chi connectivity index (χ0n) is 26.3. The highest BCUT2D eigenvalue weighted by Crippen LogP contribution is 2.42. The molecule has 0 spiro atoms. The molecule has 4 heterocycles. The van der Waals surface area contributed by atoms with Crippen molar-refractivity contribution in [2.24, 2.45) is 17.3 Å². The number of ether oxygens (including phenoxy) is 2. The number of nitrogens with zero attached hydrogens (tertiary/aromatic N) is 3. The predicted octanol–water partition coefficient (Wildman–Crippen LogP) is 1.32. The first-order valence-corrected chi connectivity index (χ1v) is 15.2. The summed E-state index contributed by atoms with van der Waals surface area (Å²) in [6.07, 6.45) is 2.72. The number of cyclic esters (lactones) is 1. The zero-order valence-corrected chi connectivity index (χ0v) is 26.3. The predicted molar refractivity (Wildman–Crippen MR) is 168 cm³/mol. The number of carbonyl (C=O) groups excluding carboxylic acids is 2. The number of aryl methyl sites for hydroxylation is 2. The van der Waals surface area contributed by atoms with Gasteiger partial charge in [-0.15, -0.1) is 0 Å². The van der Waals surface area contributed by atoms with E-state index in [9.17, 15) is 23.9 Å². The number of nitrogens with two attached hydrogens (primary N) is 3. The molecule has 14 heteroatoms. The Labute approximate surface area is 265 Å². The number of aliphatic hydroxyl groups excluding tert-OH is 2. The number of rotatable bonds is 8. The second kappa shape index (κ2) is 14.8. The Morgan fingerprint density at radius 3 is 2.59 bits per heavy atom. The number of aliphatic hydroxyl groups is 2. The molecule has 46 heavy (non-hydrogen) atoms. The minimum atomic E-state index is -1.48. The molecule has 0 saturated heterocycles. The fourth-order valence-electron chi connectivity index (χ4n) is 5.83. The Bertz CT molecular complexity index is 1740. The van der Waals surface area contributed by atoms with Gasteiger partial charge in [0.25, 0.3) is 5.56 Å². The number of fused-ring (bicyclic) bond motifs is 5. The zero-order chi connectivity index (χ0) is 33.7. The summed E-state index contributed by atoms with van der Waals surface area (Å²) in [5.74, 6) is 4.06. The molecular weight excluding hydrogens is 599 g/mol. The van der Waals surface area contributed by atoms with E-state index in [0.717, 1.165) is 41.3 Å². The van der Waals surface area contributed by atoms with Gasteiger partial charge in [0.15, 0.2) is 6.10 Å². The van der Waals surface area contributed by atoms with Crippen LogP contribution >= 0.6 is 0 Å². The smallest absolute Gasteiger partial charge is 0.340 e. The van der Waals surface area contributed by atoms with Crippen LogP contribution in [0.4, 0.5) is 4.39 Å². The van der Waals surface area contributed by atoms with Crippen molar-refractivity contribution in [3.8, 4) is 11.4 Å². The third-order valence-electron chi connectivity index (χ3n) is 8.04. The van der Waals surface area contributed by atoms with Crippen molar-refractivity contribution in [1.82, 2.24) is 14.6 Å². The van der Waals surface area contributed by atoms with Gasteiger partial charge < -0.3 is 40.7 Å². The number of amides is 1.